The maximum Gasteiger partial charge on any atom is 0.126 e. The van der Waals surface area contributed by atoms with Crippen molar-refractivity contribution in [3.05, 3.63) is 23.8 Å². The van der Waals surface area contributed by atoms with E-state index in [4.69, 9.17) is 5.11 Å². The van der Waals surface area contributed by atoms with Gasteiger partial charge in [0.1, 0.15) is 6.29 Å². The molecular weight excluding hydrogens is 152 g/mol. The van der Waals surface area contributed by atoms with Crippen molar-refractivity contribution in [1.29, 1.82) is 0 Å². The van der Waals surface area contributed by atoms with Crippen molar-refractivity contribution in [1.82, 2.24) is 0 Å². The van der Waals surface area contributed by atoms with E-state index in [1.165, 1.54) is 0 Å². The van der Waals surface area contributed by atoms with Gasteiger partial charge in [-0.3, -0.25) is 0 Å². The summed E-state index contributed by atoms with van der Waals surface area (Å²) in [7, 11) is 0. The second-order valence-electron chi connectivity index (χ2n) is 2.86. The SMILES string of the molecule is CC(=CCO)C/C=C/C(C)C=O. The normalized spacial score (nSPS) is 15.1. The lowest BCUT2D eigenvalue weighted by atomic mass is 10.1. The van der Waals surface area contributed by atoms with E-state index in [2.05, 4.69) is 0 Å². The van der Waals surface area contributed by atoms with Gasteiger partial charge in [0, 0.05) is 5.92 Å². The van der Waals surface area contributed by atoms with Crippen LogP contribution in [0.5, 0.6) is 0 Å². The quantitative estimate of drug-likeness (QED) is 0.501. The Morgan fingerprint density at radius 1 is 1.58 bits per heavy atom. The highest BCUT2D eigenvalue weighted by atomic mass is 16.2. The molecule has 1 atom stereocenters. The van der Waals surface area contributed by atoms with Gasteiger partial charge in [-0.05, 0) is 13.3 Å². The third-order valence-corrected chi connectivity index (χ3v) is 1.53. The zero-order chi connectivity index (χ0) is 9.40. The monoisotopic (exact) mass is 168 g/mol. The number of hydrogen-bond acceptors (Lipinski definition) is 2. The molecular formula is C10H16O2. The number of aldehydes is 1. The Balaban J connectivity index is 3.73. The van der Waals surface area contributed by atoms with Crippen LogP contribution < -0.4 is 0 Å². The van der Waals surface area contributed by atoms with Crippen molar-refractivity contribution in [2.24, 2.45) is 5.92 Å². The van der Waals surface area contributed by atoms with Crippen molar-refractivity contribution in [2.75, 3.05) is 6.61 Å². The summed E-state index contributed by atoms with van der Waals surface area (Å²) in [6.07, 6.45) is 7.28. The topological polar surface area (TPSA) is 37.3 Å². The minimum absolute atomic E-state index is 0.00748. The Bertz CT molecular complexity index is 180. The molecule has 0 rings (SSSR count). The van der Waals surface area contributed by atoms with Crippen LogP contribution in [0, 0.1) is 5.92 Å². The number of allylic oxidation sites excluding steroid dienone is 3. The van der Waals surface area contributed by atoms with Crippen molar-refractivity contribution < 1.29 is 9.90 Å². The summed E-state index contributed by atoms with van der Waals surface area (Å²) in [6, 6.07) is 0. The lowest BCUT2D eigenvalue weighted by Gasteiger charge is -1.95. The Labute approximate surface area is 73.6 Å². The summed E-state index contributed by atoms with van der Waals surface area (Å²) >= 11 is 0. The van der Waals surface area contributed by atoms with E-state index in [0.29, 0.717) is 0 Å². The van der Waals surface area contributed by atoms with Gasteiger partial charge >= 0.3 is 0 Å². The summed E-state index contributed by atoms with van der Waals surface area (Å²) in [5.74, 6) is -0.00748. The van der Waals surface area contributed by atoms with Gasteiger partial charge in [-0.2, -0.15) is 0 Å². The number of rotatable bonds is 5. The number of hydrogen-bond donors (Lipinski definition) is 1. The van der Waals surface area contributed by atoms with Crippen LogP contribution in [0.3, 0.4) is 0 Å². The predicted octanol–water partition coefficient (Wildman–Crippen LogP) is 1.71. The molecule has 0 saturated heterocycles. The van der Waals surface area contributed by atoms with E-state index in [0.717, 1.165) is 18.3 Å². The van der Waals surface area contributed by atoms with Gasteiger partial charge in [-0.15, -0.1) is 0 Å². The molecule has 0 aromatic heterocycles. The molecule has 1 N–H and O–H groups in total. The zero-order valence-electron chi connectivity index (χ0n) is 7.66. The molecule has 0 heterocycles. The standard InChI is InChI=1S/C10H16O2/c1-9(6-7-11)4-3-5-10(2)8-12/h3,5-6,8,10-11H,4,7H2,1-2H3/b5-3+,9-6?. The molecule has 0 spiro atoms. The van der Waals surface area contributed by atoms with Gasteiger partial charge < -0.3 is 9.90 Å². The second kappa shape index (κ2) is 6.80. The molecule has 2 nitrogen and oxygen atoms in total. The molecule has 0 amide bonds. The largest absolute Gasteiger partial charge is 0.392 e. The minimum Gasteiger partial charge on any atom is -0.392 e. The van der Waals surface area contributed by atoms with Gasteiger partial charge in [-0.1, -0.05) is 30.7 Å². The maximum absolute atomic E-state index is 10.2. The van der Waals surface area contributed by atoms with Crippen molar-refractivity contribution in [2.45, 2.75) is 20.3 Å². The zero-order valence-corrected chi connectivity index (χ0v) is 7.66. The van der Waals surface area contributed by atoms with E-state index in [-0.39, 0.29) is 12.5 Å². The van der Waals surface area contributed by atoms with Crippen LogP contribution in [0.25, 0.3) is 0 Å². The van der Waals surface area contributed by atoms with Crippen LogP contribution >= 0.6 is 0 Å². The van der Waals surface area contributed by atoms with Gasteiger partial charge in [0.25, 0.3) is 0 Å². The van der Waals surface area contributed by atoms with E-state index < -0.39 is 0 Å². The smallest absolute Gasteiger partial charge is 0.126 e. The summed E-state index contributed by atoms with van der Waals surface area (Å²) in [5.41, 5.74) is 1.12. The fraction of sp³-hybridized carbons (Fsp3) is 0.500. The number of aliphatic hydroxyl groups is 1. The molecule has 0 aromatic carbocycles. The molecule has 0 fully saturated rings. The number of carbonyl (C=O) groups excluding carboxylic acids is 1. The van der Waals surface area contributed by atoms with Crippen LogP contribution in [0.15, 0.2) is 23.8 Å². The number of aliphatic hydroxyl groups excluding tert-OH is 1. The molecule has 0 aliphatic carbocycles. The molecule has 12 heavy (non-hydrogen) atoms. The van der Waals surface area contributed by atoms with Gasteiger partial charge in [0.15, 0.2) is 0 Å². The first-order valence-electron chi connectivity index (χ1n) is 4.09. The van der Waals surface area contributed by atoms with Crippen molar-refractivity contribution in [3.8, 4) is 0 Å². The molecule has 2 heteroatoms. The lowest BCUT2D eigenvalue weighted by Crippen LogP contribution is -1.88. The van der Waals surface area contributed by atoms with E-state index in [1.807, 2.05) is 26.0 Å². The van der Waals surface area contributed by atoms with Crippen LogP contribution in [0.4, 0.5) is 0 Å². The van der Waals surface area contributed by atoms with Gasteiger partial charge in [0.05, 0.1) is 6.61 Å². The summed E-state index contributed by atoms with van der Waals surface area (Å²) in [5, 5.41) is 8.53. The lowest BCUT2D eigenvalue weighted by molar-refractivity contribution is -0.109. The molecule has 0 radical (unpaired) electrons. The van der Waals surface area contributed by atoms with E-state index >= 15 is 0 Å². The molecule has 0 saturated carbocycles. The first kappa shape index (κ1) is 11.1. The van der Waals surface area contributed by atoms with Gasteiger partial charge in [0.2, 0.25) is 0 Å². The molecule has 0 bridgehead atoms. The van der Waals surface area contributed by atoms with Crippen LogP contribution in [0.2, 0.25) is 0 Å². The second-order valence-corrected chi connectivity index (χ2v) is 2.86. The van der Waals surface area contributed by atoms with Crippen molar-refractivity contribution in [3.63, 3.8) is 0 Å². The Morgan fingerprint density at radius 3 is 2.75 bits per heavy atom. The highest BCUT2D eigenvalue weighted by Crippen LogP contribution is 2.02. The van der Waals surface area contributed by atoms with Crippen molar-refractivity contribution >= 4 is 6.29 Å². The fourth-order valence-corrected chi connectivity index (χ4v) is 0.753. The van der Waals surface area contributed by atoms with Crippen LogP contribution in [-0.4, -0.2) is 18.0 Å². The fourth-order valence-electron chi connectivity index (χ4n) is 0.753. The summed E-state index contributed by atoms with van der Waals surface area (Å²) < 4.78 is 0. The molecule has 68 valence electrons. The van der Waals surface area contributed by atoms with E-state index in [9.17, 15) is 4.79 Å². The minimum atomic E-state index is -0.00748. The summed E-state index contributed by atoms with van der Waals surface area (Å²) in [6.45, 7) is 3.88. The van der Waals surface area contributed by atoms with Gasteiger partial charge in [-0.25, -0.2) is 0 Å². The average Bonchev–Trinajstić information content (AvgIpc) is 2.04. The highest BCUT2D eigenvalue weighted by molar-refractivity contribution is 5.55. The third kappa shape index (κ3) is 5.86. The molecule has 0 aliphatic rings. The predicted molar refractivity (Wildman–Crippen MR) is 49.8 cm³/mol. The Morgan fingerprint density at radius 2 is 2.25 bits per heavy atom. The van der Waals surface area contributed by atoms with Crippen LogP contribution in [-0.2, 0) is 4.79 Å². The first-order chi connectivity index (χ1) is 5.70. The van der Waals surface area contributed by atoms with E-state index in [1.54, 1.807) is 6.08 Å². The average molecular weight is 168 g/mol. The highest BCUT2D eigenvalue weighted by Gasteiger charge is 1.90. The van der Waals surface area contributed by atoms with Crippen LogP contribution in [0.1, 0.15) is 20.3 Å². The third-order valence-electron chi connectivity index (χ3n) is 1.53. The molecule has 0 aliphatic heterocycles. The number of carbonyl (C=O) groups is 1. The maximum atomic E-state index is 10.2. The molecule has 1 unspecified atom stereocenters. The Kier molecular flexibility index (Phi) is 6.29. The Hall–Kier alpha value is -0.890. The molecule has 0 aromatic rings. The first-order valence-corrected chi connectivity index (χ1v) is 4.09. The summed E-state index contributed by atoms with van der Waals surface area (Å²) in [4.78, 5) is 10.2.